The van der Waals surface area contributed by atoms with Gasteiger partial charge in [0.2, 0.25) is 0 Å². The standard InChI is InChI=1S/C20H34N4O.HI/c1-4-21-19(22-10-11-24-12-14-25-15-13-24)23-17-20(2,3)16-18-8-6-5-7-9-18;/h5-9H,4,10-17H2,1-3H3,(H2,21,22,23);1H. The van der Waals surface area contributed by atoms with Gasteiger partial charge in [-0.3, -0.25) is 9.89 Å². The lowest BCUT2D eigenvalue weighted by atomic mass is 9.86. The van der Waals surface area contributed by atoms with Gasteiger partial charge < -0.3 is 15.4 Å². The third-order valence-electron chi connectivity index (χ3n) is 4.36. The molecule has 148 valence electrons. The van der Waals surface area contributed by atoms with Gasteiger partial charge in [-0.05, 0) is 24.3 Å². The minimum Gasteiger partial charge on any atom is -0.379 e. The quantitative estimate of drug-likeness (QED) is 0.346. The Labute approximate surface area is 176 Å². The summed E-state index contributed by atoms with van der Waals surface area (Å²) in [5.41, 5.74) is 1.50. The van der Waals surface area contributed by atoms with Crippen LogP contribution in [0.4, 0.5) is 0 Å². The van der Waals surface area contributed by atoms with Gasteiger partial charge in [-0.2, -0.15) is 0 Å². The predicted molar refractivity (Wildman–Crippen MR) is 121 cm³/mol. The van der Waals surface area contributed by atoms with E-state index < -0.39 is 0 Å². The lowest BCUT2D eigenvalue weighted by molar-refractivity contribution is 0.0389. The molecule has 0 aliphatic carbocycles. The van der Waals surface area contributed by atoms with E-state index in [4.69, 9.17) is 9.73 Å². The molecule has 0 amide bonds. The molecule has 0 aromatic heterocycles. The molecule has 26 heavy (non-hydrogen) atoms. The maximum Gasteiger partial charge on any atom is 0.191 e. The molecule has 5 nitrogen and oxygen atoms in total. The van der Waals surface area contributed by atoms with Gasteiger partial charge in [0.25, 0.3) is 0 Å². The van der Waals surface area contributed by atoms with Crippen LogP contribution in [0.2, 0.25) is 0 Å². The minimum absolute atomic E-state index is 0. The molecule has 0 saturated carbocycles. The topological polar surface area (TPSA) is 48.9 Å². The average Bonchev–Trinajstić information content (AvgIpc) is 2.61. The molecular weight excluding hydrogens is 439 g/mol. The van der Waals surface area contributed by atoms with Gasteiger partial charge in [0.15, 0.2) is 5.96 Å². The molecule has 0 atom stereocenters. The Morgan fingerprint density at radius 2 is 1.85 bits per heavy atom. The summed E-state index contributed by atoms with van der Waals surface area (Å²) in [5.74, 6) is 0.914. The molecule has 0 spiro atoms. The highest BCUT2D eigenvalue weighted by molar-refractivity contribution is 14.0. The van der Waals surface area contributed by atoms with Crippen molar-refractivity contribution in [3.8, 4) is 0 Å². The van der Waals surface area contributed by atoms with Crippen LogP contribution in [0.1, 0.15) is 26.3 Å². The molecule has 0 bridgehead atoms. The van der Waals surface area contributed by atoms with E-state index in [0.29, 0.717) is 0 Å². The van der Waals surface area contributed by atoms with E-state index in [0.717, 1.165) is 64.9 Å². The van der Waals surface area contributed by atoms with E-state index in [1.807, 2.05) is 0 Å². The van der Waals surface area contributed by atoms with E-state index >= 15 is 0 Å². The highest BCUT2D eigenvalue weighted by Gasteiger charge is 2.18. The number of nitrogens with zero attached hydrogens (tertiary/aromatic N) is 2. The van der Waals surface area contributed by atoms with Gasteiger partial charge in [-0.1, -0.05) is 44.2 Å². The maximum absolute atomic E-state index is 5.39. The number of guanidine groups is 1. The van der Waals surface area contributed by atoms with E-state index in [9.17, 15) is 0 Å². The molecular formula is C20H35IN4O. The third kappa shape index (κ3) is 9.19. The second-order valence-corrected chi connectivity index (χ2v) is 7.40. The van der Waals surface area contributed by atoms with Crippen molar-refractivity contribution in [2.24, 2.45) is 10.4 Å². The molecule has 1 fully saturated rings. The number of aliphatic imine (C=N–C) groups is 1. The molecule has 2 rings (SSSR count). The minimum atomic E-state index is 0. The number of morpholine rings is 1. The van der Waals surface area contributed by atoms with E-state index in [1.54, 1.807) is 0 Å². The Kier molecular flexibility index (Phi) is 11.2. The summed E-state index contributed by atoms with van der Waals surface area (Å²) < 4.78 is 5.39. The molecule has 6 heteroatoms. The molecule has 1 aromatic carbocycles. The zero-order valence-electron chi connectivity index (χ0n) is 16.5. The van der Waals surface area contributed by atoms with E-state index in [-0.39, 0.29) is 29.4 Å². The lowest BCUT2D eigenvalue weighted by Crippen LogP contribution is -2.44. The van der Waals surface area contributed by atoms with Crippen LogP contribution in [0.5, 0.6) is 0 Å². The van der Waals surface area contributed by atoms with E-state index in [1.165, 1.54) is 5.56 Å². The average molecular weight is 474 g/mol. The lowest BCUT2D eigenvalue weighted by Gasteiger charge is -2.27. The Hall–Kier alpha value is -0.860. The van der Waals surface area contributed by atoms with Crippen molar-refractivity contribution in [3.05, 3.63) is 35.9 Å². The van der Waals surface area contributed by atoms with Gasteiger partial charge in [0.05, 0.1) is 13.2 Å². The van der Waals surface area contributed by atoms with Crippen LogP contribution in [0.15, 0.2) is 35.3 Å². The van der Waals surface area contributed by atoms with Crippen molar-refractivity contribution in [1.82, 2.24) is 15.5 Å². The summed E-state index contributed by atoms with van der Waals surface area (Å²) in [5, 5.41) is 6.81. The summed E-state index contributed by atoms with van der Waals surface area (Å²) in [7, 11) is 0. The zero-order chi connectivity index (χ0) is 18.0. The fourth-order valence-electron chi connectivity index (χ4n) is 3.00. The van der Waals surface area contributed by atoms with Gasteiger partial charge in [0, 0.05) is 39.3 Å². The van der Waals surface area contributed by atoms with Crippen LogP contribution in [0, 0.1) is 5.41 Å². The summed E-state index contributed by atoms with van der Waals surface area (Å²) in [6.07, 6.45) is 1.03. The van der Waals surface area contributed by atoms with Crippen molar-refractivity contribution in [1.29, 1.82) is 0 Å². The van der Waals surface area contributed by atoms with Gasteiger partial charge in [-0.15, -0.1) is 24.0 Å². The van der Waals surface area contributed by atoms with Crippen molar-refractivity contribution in [3.63, 3.8) is 0 Å². The highest BCUT2D eigenvalue weighted by Crippen LogP contribution is 2.22. The van der Waals surface area contributed by atoms with Crippen LogP contribution in [-0.2, 0) is 11.2 Å². The van der Waals surface area contributed by atoms with Crippen LogP contribution >= 0.6 is 24.0 Å². The van der Waals surface area contributed by atoms with Crippen molar-refractivity contribution < 1.29 is 4.74 Å². The first kappa shape index (κ1) is 23.2. The van der Waals surface area contributed by atoms with Crippen LogP contribution in [0.25, 0.3) is 0 Å². The first-order valence-corrected chi connectivity index (χ1v) is 9.45. The second-order valence-electron chi connectivity index (χ2n) is 7.40. The summed E-state index contributed by atoms with van der Waals surface area (Å²) in [6, 6.07) is 10.7. The Morgan fingerprint density at radius 3 is 2.50 bits per heavy atom. The van der Waals surface area contributed by atoms with Crippen molar-refractivity contribution >= 4 is 29.9 Å². The zero-order valence-corrected chi connectivity index (χ0v) is 18.8. The number of benzene rings is 1. The predicted octanol–water partition coefficient (Wildman–Crippen LogP) is 2.76. The smallest absolute Gasteiger partial charge is 0.191 e. The van der Waals surface area contributed by atoms with Crippen LogP contribution < -0.4 is 10.6 Å². The normalized spacial score (nSPS) is 16.0. The molecule has 0 radical (unpaired) electrons. The van der Waals surface area contributed by atoms with Crippen molar-refractivity contribution in [2.75, 3.05) is 52.5 Å². The molecule has 0 unspecified atom stereocenters. The Bertz CT molecular complexity index is 516. The SMILES string of the molecule is CCNC(=NCC(C)(C)Cc1ccccc1)NCCN1CCOCC1.I. The third-order valence-corrected chi connectivity index (χ3v) is 4.36. The van der Waals surface area contributed by atoms with E-state index in [2.05, 4.69) is 66.6 Å². The van der Waals surface area contributed by atoms with Gasteiger partial charge >= 0.3 is 0 Å². The summed E-state index contributed by atoms with van der Waals surface area (Å²) in [6.45, 7) is 14.0. The fraction of sp³-hybridized carbons (Fsp3) is 0.650. The highest BCUT2D eigenvalue weighted by atomic mass is 127. The molecule has 1 heterocycles. The number of nitrogens with one attached hydrogen (secondary N) is 2. The van der Waals surface area contributed by atoms with Crippen LogP contribution in [-0.4, -0.2) is 63.3 Å². The van der Waals surface area contributed by atoms with Gasteiger partial charge in [0.1, 0.15) is 0 Å². The van der Waals surface area contributed by atoms with Gasteiger partial charge in [-0.25, -0.2) is 0 Å². The summed E-state index contributed by atoms with van der Waals surface area (Å²) >= 11 is 0. The monoisotopic (exact) mass is 474 g/mol. The number of halogens is 1. The molecule has 1 aromatic rings. The summed E-state index contributed by atoms with van der Waals surface area (Å²) in [4.78, 5) is 7.25. The molecule has 1 saturated heterocycles. The number of hydrogen-bond acceptors (Lipinski definition) is 3. The maximum atomic E-state index is 5.39. The second kappa shape index (κ2) is 12.5. The number of ether oxygens (including phenoxy) is 1. The number of hydrogen-bond donors (Lipinski definition) is 2. The first-order chi connectivity index (χ1) is 12.1. The Balaban J connectivity index is 0.00000338. The largest absolute Gasteiger partial charge is 0.379 e. The number of rotatable bonds is 8. The Morgan fingerprint density at radius 1 is 1.15 bits per heavy atom. The molecule has 1 aliphatic rings. The first-order valence-electron chi connectivity index (χ1n) is 9.45. The van der Waals surface area contributed by atoms with Crippen molar-refractivity contribution in [2.45, 2.75) is 27.2 Å². The molecule has 2 N–H and O–H groups in total. The van der Waals surface area contributed by atoms with Crippen LogP contribution in [0.3, 0.4) is 0 Å². The fourth-order valence-corrected chi connectivity index (χ4v) is 3.00. The molecule has 1 aliphatic heterocycles.